The van der Waals surface area contributed by atoms with Crippen LogP contribution in [0.3, 0.4) is 0 Å². The van der Waals surface area contributed by atoms with Crippen LogP contribution in [-0.2, 0) is 9.59 Å². The van der Waals surface area contributed by atoms with Gasteiger partial charge in [-0.3, -0.25) is 29.4 Å². The number of para-hydroxylation sites is 2. The number of carbonyl (C=O) groups excluding carboxylic acids is 2. The van der Waals surface area contributed by atoms with Crippen LogP contribution in [0, 0.1) is 27.7 Å². The van der Waals surface area contributed by atoms with Crippen molar-refractivity contribution in [3.8, 4) is 11.4 Å². The van der Waals surface area contributed by atoms with Gasteiger partial charge in [0.15, 0.2) is 0 Å². The molecule has 2 amide bonds. The summed E-state index contributed by atoms with van der Waals surface area (Å²) in [6.45, 7) is 7.14. The van der Waals surface area contributed by atoms with Gasteiger partial charge >= 0.3 is 11.8 Å². The summed E-state index contributed by atoms with van der Waals surface area (Å²) in [4.78, 5) is 49.8. The van der Waals surface area contributed by atoms with Gasteiger partial charge in [-0.15, -0.1) is 0 Å². The van der Waals surface area contributed by atoms with Gasteiger partial charge in [-0.05, 0) is 51.0 Å². The smallest absolute Gasteiger partial charge is 0.295 e. The van der Waals surface area contributed by atoms with Crippen molar-refractivity contribution in [2.45, 2.75) is 27.7 Å². The van der Waals surface area contributed by atoms with Gasteiger partial charge in [0.1, 0.15) is 0 Å². The molecule has 12 heteroatoms. The number of aromatic amines is 2. The third-order valence-corrected chi connectivity index (χ3v) is 5.87. The minimum atomic E-state index is -1.10. The molecule has 38 heavy (non-hydrogen) atoms. The van der Waals surface area contributed by atoms with Gasteiger partial charge in [-0.1, -0.05) is 36.4 Å². The van der Waals surface area contributed by atoms with Crippen molar-refractivity contribution in [3.63, 3.8) is 0 Å². The molecule has 0 aliphatic carbocycles. The predicted octanol–water partition coefficient (Wildman–Crippen LogP) is 1.48. The van der Waals surface area contributed by atoms with Gasteiger partial charge in [0.05, 0.1) is 34.9 Å². The predicted molar refractivity (Wildman–Crippen MR) is 143 cm³/mol. The maximum absolute atomic E-state index is 12.8. The Morgan fingerprint density at radius 3 is 1.42 bits per heavy atom. The fraction of sp³-hybridized carbons (Fsp3) is 0.154. The van der Waals surface area contributed by atoms with E-state index in [1.54, 1.807) is 26.0 Å². The Bertz CT molecular complexity index is 1570. The van der Waals surface area contributed by atoms with Gasteiger partial charge in [-0.2, -0.15) is 10.2 Å². The number of amides is 2. The molecule has 4 N–H and O–H groups in total. The summed E-state index contributed by atoms with van der Waals surface area (Å²) in [6.07, 6.45) is 2.32. The van der Waals surface area contributed by atoms with Gasteiger partial charge in [-0.25, -0.2) is 20.2 Å². The van der Waals surface area contributed by atoms with Crippen LogP contribution in [0.2, 0.25) is 0 Å². The molecule has 4 rings (SSSR count). The van der Waals surface area contributed by atoms with Gasteiger partial charge in [0, 0.05) is 11.4 Å². The highest BCUT2D eigenvalue weighted by molar-refractivity contribution is 6.35. The SMILES string of the molecule is Cc1ccccc1-n1[nH]c(C)c(/C=N/NC(=O)C(=O)N/N=C/c2c(C)[nH]n(-c3ccccc3C)c2=O)c1=O. The number of benzene rings is 2. The molecule has 0 saturated carbocycles. The van der Waals surface area contributed by atoms with Crippen molar-refractivity contribution in [2.24, 2.45) is 10.2 Å². The first-order valence-corrected chi connectivity index (χ1v) is 11.6. The van der Waals surface area contributed by atoms with E-state index in [0.29, 0.717) is 22.8 Å². The van der Waals surface area contributed by atoms with E-state index in [9.17, 15) is 19.2 Å². The van der Waals surface area contributed by atoms with Crippen LogP contribution in [0.5, 0.6) is 0 Å². The second-order valence-corrected chi connectivity index (χ2v) is 8.55. The van der Waals surface area contributed by atoms with Crippen LogP contribution in [0.1, 0.15) is 33.6 Å². The largest absolute Gasteiger partial charge is 0.331 e. The Kier molecular flexibility index (Phi) is 7.33. The summed E-state index contributed by atoms with van der Waals surface area (Å²) < 4.78 is 2.76. The molecule has 0 atom stereocenters. The van der Waals surface area contributed by atoms with Gasteiger partial charge in [0.2, 0.25) is 0 Å². The summed E-state index contributed by atoms with van der Waals surface area (Å²) in [7, 11) is 0. The van der Waals surface area contributed by atoms with Crippen LogP contribution in [0.25, 0.3) is 11.4 Å². The Balaban J connectivity index is 1.40. The Hall–Kier alpha value is -5.26. The first kappa shape index (κ1) is 25.8. The Morgan fingerprint density at radius 2 is 1.05 bits per heavy atom. The fourth-order valence-corrected chi connectivity index (χ4v) is 3.80. The number of carbonyl (C=O) groups is 2. The zero-order chi connectivity index (χ0) is 27.4. The fourth-order valence-electron chi connectivity index (χ4n) is 3.80. The topological polar surface area (TPSA) is 158 Å². The maximum Gasteiger partial charge on any atom is 0.331 e. The lowest BCUT2D eigenvalue weighted by Crippen LogP contribution is -2.35. The molecule has 0 radical (unpaired) electrons. The van der Waals surface area contributed by atoms with E-state index in [0.717, 1.165) is 23.6 Å². The highest BCUT2D eigenvalue weighted by Gasteiger charge is 2.15. The van der Waals surface area contributed by atoms with E-state index in [-0.39, 0.29) is 22.2 Å². The van der Waals surface area contributed by atoms with E-state index < -0.39 is 11.8 Å². The molecule has 0 unspecified atom stereocenters. The molecule has 2 aromatic carbocycles. The molecule has 2 aromatic heterocycles. The lowest BCUT2D eigenvalue weighted by atomic mass is 10.2. The highest BCUT2D eigenvalue weighted by atomic mass is 16.2. The summed E-state index contributed by atoms with van der Waals surface area (Å²) in [5.41, 5.74) is 8.07. The van der Waals surface area contributed by atoms with Gasteiger partial charge < -0.3 is 0 Å². The number of aromatic nitrogens is 4. The molecule has 194 valence electrons. The summed E-state index contributed by atoms with van der Waals surface area (Å²) in [5.74, 6) is -2.21. The average molecular weight is 515 g/mol. The number of hydrogen-bond donors (Lipinski definition) is 4. The zero-order valence-electron chi connectivity index (χ0n) is 21.2. The minimum absolute atomic E-state index is 0.222. The highest BCUT2D eigenvalue weighted by Crippen LogP contribution is 2.12. The first-order chi connectivity index (χ1) is 18.2. The van der Waals surface area contributed by atoms with Crippen molar-refractivity contribution in [3.05, 3.63) is 103 Å². The molecular weight excluding hydrogens is 488 g/mol. The molecule has 4 aromatic rings. The molecular formula is C26H26N8O4. The van der Waals surface area contributed by atoms with Crippen molar-refractivity contribution < 1.29 is 9.59 Å². The quantitative estimate of drug-likeness (QED) is 0.174. The molecule has 0 bridgehead atoms. The Morgan fingerprint density at radius 1 is 0.684 bits per heavy atom. The van der Waals surface area contributed by atoms with Gasteiger partial charge in [0.25, 0.3) is 11.1 Å². The number of H-pyrrole nitrogens is 2. The second-order valence-electron chi connectivity index (χ2n) is 8.55. The zero-order valence-corrected chi connectivity index (χ0v) is 21.2. The summed E-state index contributed by atoms with van der Waals surface area (Å²) >= 11 is 0. The number of nitrogens with zero attached hydrogens (tertiary/aromatic N) is 4. The van der Waals surface area contributed by atoms with E-state index >= 15 is 0 Å². The maximum atomic E-state index is 12.8. The van der Waals surface area contributed by atoms with Crippen LogP contribution >= 0.6 is 0 Å². The molecule has 2 heterocycles. The van der Waals surface area contributed by atoms with E-state index in [1.807, 2.05) is 50.2 Å². The molecule has 0 fully saturated rings. The molecule has 0 saturated heterocycles. The van der Waals surface area contributed by atoms with Crippen molar-refractivity contribution in [1.29, 1.82) is 0 Å². The van der Waals surface area contributed by atoms with Crippen molar-refractivity contribution >= 4 is 24.2 Å². The minimum Gasteiger partial charge on any atom is -0.295 e. The van der Waals surface area contributed by atoms with E-state index in [2.05, 4.69) is 31.3 Å². The van der Waals surface area contributed by atoms with Crippen molar-refractivity contribution in [1.82, 2.24) is 30.4 Å². The lowest BCUT2D eigenvalue weighted by Gasteiger charge is -2.04. The molecule has 0 aliphatic heterocycles. The normalized spacial score (nSPS) is 11.4. The number of hydrogen-bond acceptors (Lipinski definition) is 6. The number of nitrogens with one attached hydrogen (secondary N) is 4. The molecule has 0 aliphatic rings. The van der Waals surface area contributed by atoms with Crippen molar-refractivity contribution in [2.75, 3.05) is 0 Å². The Labute approximate surface area is 216 Å². The van der Waals surface area contributed by atoms with E-state index in [1.165, 1.54) is 9.36 Å². The van der Waals surface area contributed by atoms with E-state index in [4.69, 9.17) is 0 Å². The summed E-state index contributed by atoms with van der Waals surface area (Å²) in [5, 5.41) is 13.4. The van der Waals surface area contributed by atoms with Crippen LogP contribution in [-0.4, -0.2) is 43.8 Å². The molecule has 0 spiro atoms. The molecule has 12 nitrogen and oxygen atoms in total. The third-order valence-electron chi connectivity index (χ3n) is 5.87. The number of rotatable bonds is 6. The standard InChI is InChI=1S/C26H26N8O4/c1-15-9-5-7-11-21(15)33-25(37)19(17(3)31-33)13-27-29-23(35)24(36)30-28-14-20-18(4)32-34(26(20)38)22-12-8-6-10-16(22)2/h5-14,31-32H,1-4H3,(H,29,35)(H,30,36)/b27-13+,28-14+. The third kappa shape index (κ3) is 5.14. The van der Waals surface area contributed by atoms with Crippen LogP contribution in [0.4, 0.5) is 0 Å². The average Bonchev–Trinajstić information content (AvgIpc) is 3.33. The number of hydrazone groups is 2. The lowest BCUT2D eigenvalue weighted by molar-refractivity contribution is -0.139. The summed E-state index contributed by atoms with van der Waals surface area (Å²) in [6, 6.07) is 14.7. The second kappa shape index (κ2) is 10.8. The first-order valence-electron chi connectivity index (χ1n) is 11.6. The van der Waals surface area contributed by atoms with Crippen LogP contribution < -0.4 is 22.0 Å². The number of aryl methyl sites for hydroxylation is 4. The van der Waals surface area contributed by atoms with Crippen LogP contribution in [0.15, 0.2) is 68.3 Å². The monoisotopic (exact) mass is 514 g/mol.